The molecule has 1 aromatic heterocycles. The van der Waals surface area contributed by atoms with Crippen molar-refractivity contribution in [2.75, 3.05) is 0 Å². The van der Waals surface area contributed by atoms with E-state index in [9.17, 15) is 4.79 Å². The fourth-order valence-corrected chi connectivity index (χ4v) is 1.46. The monoisotopic (exact) mass is 223 g/mol. The maximum atomic E-state index is 11.8. The summed E-state index contributed by atoms with van der Waals surface area (Å²) in [6, 6.07) is 1.48. The van der Waals surface area contributed by atoms with E-state index in [1.807, 2.05) is 13.8 Å². The SMILES string of the molecule is Cc1cc(=O)n(CC(N)C(C)(C)C)c(C)n1. The van der Waals surface area contributed by atoms with E-state index in [4.69, 9.17) is 5.73 Å². The zero-order chi connectivity index (χ0) is 12.5. The first kappa shape index (κ1) is 12.9. The lowest BCUT2D eigenvalue weighted by atomic mass is 9.87. The van der Waals surface area contributed by atoms with Crippen LogP contribution in [0.5, 0.6) is 0 Å². The molecule has 1 rings (SSSR count). The van der Waals surface area contributed by atoms with Gasteiger partial charge < -0.3 is 5.73 Å². The lowest BCUT2D eigenvalue weighted by Crippen LogP contribution is -2.42. The third-order valence-corrected chi connectivity index (χ3v) is 2.82. The van der Waals surface area contributed by atoms with Crippen molar-refractivity contribution < 1.29 is 0 Å². The molecule has 0 bridgehead atoms. The summed E-state index contributed by atoms with van der Waals surface area (Å²) in [7, 11) is 0. The zero-order valence-corrected chi connectivity index (χ0v) is 10.7. The van der Waals surface area contributed by atoms with E-state index in [2.05, 4.69) is 25.8 Å². The number of aromatic nitrogens is 2. The van der Waals surface area contributed by atoms with E-state index in [0.29, 0.717) is 6.54 Å². The number of hydrogen-bond donors (Lipinski definition) is 1. The second-order valence-corrected chi connectivity index (χ2v) is 5.37. The molecule has 0 spiro atoms. The Balaban J connectivity index is 3.03. The van der Waals surface area contributed by atoms with E-state index < -0.39 is 0 Å². The van der Waals surface area contributed by atoms with Crippen LogP contribution in [0.3, 0.4) is 0 Å². The van der Waals surface area contributed by atoms with Gasteiger partial charge in [-0.2, -0.15) is 0 Å². The van der Waals surface area contributed by atoms with Gasteiger partial charge in [0.25, 0.3) is 5.56 Å². The number of hydrogen-bond acceptors (Lipinski definition) is 3. The highest BCUT2D eigenvalue weighted by atomic mass is 16.1. The first-order valence-electron chi connectivity index (χ1n) is 5.52. The molecular weight excluding hydrogens is 202 g/mol. The summed E-state index contributed by atoms with van der Waals surface area (Å²) in [6.07, 6.45) is 0. The zero-order valence-electron chi connectivity index (χ0n) is 10.7. The van der Waals surface area contributed by atoms with Gasteiger partial charge >= 0.3 is 0 Å². The third kappa shape index (κ3) is 2.92. The van der Waals surface area contributed by atoms with Crippen LogP contribution in [-0.4, -0.2) is 15.6 Å². The van der Waals surface area contributed by atoms with Crippen LogP contribution in [0, 0.1) is 19.3 Å². The molecule has 0 aromatic carbocycles. The minimum absolute atomic E-state index is 0.0171. The lowest BCUT2D eigenvalue weighted by Gasteiger charge is -2.28. The molecule has 0 saturated heterocycles. The Hall–Kier alpha value is -1.16. The van der Waals surface area contributed by atoms with Crippen molar-refractivity contribution in [3.63, 3.8) is 0 Å². The topological polar surface area (TPSA) is 60.9 Å². The van der Waals surface area contributed by atoms with Gasteiger partial charge in [-0.3, -0.25) is 9.36 Å². The Morgan fingerprint density at radius 2 is 2.00 bits per heavy atom. The van der Waals surface area contributed by atoms with Gasteiger partial charge in [0.05, 0.1) is 0 Å². The number of aryl methyl sites for hydroxylation is 2. The van der Waals surface area contributed by atoms with Crippen LogP contribution in [0.25, 0.3) is 0 Å². The van der Waals surface area contributed by atoms with Gasteiger partial charge in [0.2, 0.25) is 0 Å². The summed E-state index contributed by atoms with van der Waals surface area (Å²) in [4.78, 5) is 16.1. The van der Waals surface area contributed by atoms with Crippen LogP contribution in [0.1, 0.15) is 32.3 Å². The van der Waals surface area contributed by atoms with Crippen molar-refractivity contribution in [1.82, 2.24) is 9.55 Å². The van der Waals surface area contributed by atoms with Crippen molar-refractivity contribution in [2.45, 2.75) is 47.2 Å². The van der Waals surface area contributed by atoms with Crippen LogP contribution in [0.15, 0.2) is 10.9 Å². The average molecular weight is 223 g/mol. The maximum Gasteiger partial charge on any atom is 0.253 e. The molecule has 2 N–H and O–H groups in total. The average Bonchev–Trinajstić information content (AvgIpc) is 2.08. The van der Waals surface area contributed by atoms with Gasteiger partial charge in [-0.25, -0.2) is 4.98 Å². The second-order valence-electron chi connectivity index (χ2n) is 5.37. The molecular formula is C12H21N3O. The third-order valence-electron chi connectivity index (χ3n) is 2.82. The molecule has 0 fully saturated rings. The summed E-state index contributed by atoms with van der Waals surface area (Å²) >= 11 is 0. The highest BCUT2D eigenvalue weighted by Gasteiger charge is 2.21. The van der Waals surface area contributed by atoms with E-state index in [0.717, 1.165) is 11.5 Å². The highest BCUT2D eigenvalue weighted by Crippen LogP contribution is 2.18. The molecule has 0 aliphatic rings. The lowest BCUT2D eigenvalue weighted by molar-refractivity contribution is 0.286. The summed E-state index contributed by atoms with van der Waals surface area (Å²) in [5.74, 6) is 0.727. The van der Waals surface area contributed by atoms with Gasteiger partial charge in [0, 0.05) is 24.3 Å². The Morgan fingerprint density at radius 3 is 2.44 bits per heavy atom. The van der Waals surface area contributed by atoms with Gasteiger partial charge in [-0.05, 0) is 19.3 Å². The molecule has 1 aromatic rings. The summed E-state index contributed by atoms with van der Waals surface area (Å²) in [5, 5.41) is 0. The Bertz CT molecular complexity index is 429. The number of nitrogens with two attached hydrogens (primary N) is 1. The fourth-order valence-electron chi connectivity index (χ4n) is 1.46. The van der Waals surface area contributed by atoms with Crippen LogP contribution < -0.4 is 11.3 Å². The summed E-state index contributed by atoms with van der Waals surface area (Å²) in [6.45, 7) is 10.4. The molecule has 1 atom stereocenters. The first-order chi connectivity index (χ1) is 7.21. The number of nitrogens with zero attached hydrogens (tertiary/aromatic N) is 2. The smallest absolute Gasteiger partial charge is 0.253 e. The molecule has 90 valence electrons. The predicted molar refractivity (Wildman–Crippen MR) is 65.4 cm³/mol. The Labute approximate surface area is 96.5 Å². The molecule has 4 nitrogen and oxygen atoms in total. The molecule has 0 aliphatic heterocycles. The van der Waals surface area contributed by atoms with Gasteiger partial charge in [0.1, 0.15) is 5.82 Å². The van der Waals surface area contributed by atoms with Crippen LogP contribution in [-0.2, 0) is 6.54 Å². The first-order valence-corrected chi connectivity index (χ1v) is 5.52. The summed E-state index contributed by atoms with van der Waals surface area (Å²) in [5.41, 5.74) is 6.78. The molecule has 1 unspecified atom stereocenters. The highest BCUT2D eigenvalue weighted by molar-refractivity contribution is 5.02. The van der Waals surface area contributed by atoms with Crippen molar-refractivity contribution in [2.24, 2.45) is 11.1 Å². The fraction of sp³-hybridized carbons (Fsp3) is 0.667. The van der Waals surface area contributed by atoms with Gasteiger partial charge in [0.15, 0.2) is 0 Å². The van der Waals surface area contributed by atoms with Gasteiger partial charge in [-0.15, -0.1) is 0 Å². The summed E-state index contributed by atoms with van der Waals surface area (Å²) < 4.78 is 1.64. The predicted octanol–water partition coefficient (Wildman–Crippen LogP) is 1.23. The van der Waals surface area contributed by atoms with Crippen molar-refractivity contribution in [1.29, 1.82) is 0 Å². The number of rotatable bonds is 2. The van der Waals surface area contributed by atoms with Crippen LogP contribution >= 0.6 is 0 Å². The van der Waals surface area contributed by atoms with Crippen LogP contribution in [0.4, 0.5) is 0 Å². The molecule has 0 aliphatic carbocycles. The molecule has 4 heteroatoms. The van der Waals surface area contributed by atoms with Gasteiger partial charge in [-0.1, -0.05) is 20.8 Å². The van der Waals surface area contributed by atoms with Crippen molar-refractivity contribution >= 4 is 0 Å². The van der Waals surface area contributed by atoms with Crippen molar-refractivity contribution in [3.8, 4) is 0 Å². The van der Waals surface area contributed by atoms with E-state index in [1.54, 1.807) is 10.6 Å². The minimum Gasteiger partial charge on any atom is -0.326 e. The Kier molecular flexibility index (Phi) is 3.53. The normalized spacial score (nSPS) is 13.9. The molecule has 0 radical (unpaired) electrons. The van der Waals surface area contributed by atoms with E-state index in [-0.39, 0.29) is 17.0 Å². The molecule has 0 saturated carbocycles. The molecule has 0 amide bonds. The quantitative estimate of drug-likeness (QED) is 0.820. The Morgan fingerprint density at radius 1 is 1.44 bits per heavy atom. The van der Waals surface area contributed by atoms with E-state index >= 15 is 0 Å². The van der Waals surface area contributed by atoms with Crippen LogP contribution in [0.2, 0.25) is 0 Å². The van der Waals surface area contributed by atoms with Crippen molar-refractivity contribution in [3.05, 3.63) is 27.9 Å². The second kappa shape index (κ2) is 4.37. The largest absolute Gasteiger partial charge is 0.326 e. The minimum atomic E-state index is -0.0617. The maximum absolute atomic E-state index is 11.8. The molecule has 1 heterocycles. The van der Waals surface area contributed by atoms with E-state index in [1.165, 1.54) is 0 Å². The molecule has 16 heavy (non-hydrogen) atoms. The standard InChI is InChI=1S/C12H21N3O/c1-8-6-11(16)15(9(2)14-8)7-10(13)12(3,4)5/h6,10H,7,13H2,1-5H3.